The second kappa shape index (κ2) is 13.4. The van der Waals surface area contributed by atoms with Crippen LogP contribution in [0.2, 0.25) is 5.02 Å². The van der Waals surface area contributed by atoms with Crippen LogP contribution in [-0.2, 0) is 0 Å². The molecule has 5 heteroatoms. The van der Waals surface area contributed by atoms with E-state index in [1.54, 1.807) is 36.5 Å². The zero-order valence-corrected chi connectivity index (χ0v) is 15.9. The zero-order chi connectivity index (χ0) is 18.4. The minimum absolute atomic E-state index is 0.151. The number of hydrogen-bond donors (Lipinski definition) is 1. The largest absolute Gasteiger partial charge is 0.476 e. The number of aryl methyl sites for hydroxylation is 1. The molecule has 24 heavy (non-hydrogen) atoms. The lowest BCUT2D eigenvalue weighted by Gasteiger charge is -2.07. The zero-order valence-electron chi connectivity index (χ0n) is 15.1. The smallest absolute Gasteiger partial charge is 0.251 e. The molecule has 0 saturated carbocycles. The Morgan fingerprint density at radius 2 is 1.71 bits per heavy atom. The lowest BCUT2D eigenvalue weighted by atomic mass is 10.2. The molecule has 0 aliphatic carbocycles. The second-order valence-electron chi connectivity index (χ2n) is 4.29. The molecule has 1 N–H and O–H groups in total. The van der Waals surface area contributed by atoms with Crippen LogP contribution in [-0.4, -0.2) is 24.0 Å². The summed E-state index contributed by atoms with van der Waals surface area (Å²) in [4.78, 5) is 15.9. The first-order valence-electron chi connectivity index (χ1n) is 8.24. The molecule has 0 radical (unpaired) electrons. The van der Waals surface area contributed by atoms with E-state index in [9.17, 15) is 4.79 Å². The van der Waals surface area contributed by atoms with E-state index in [0.717, 1.165) is 5.56 Å². The van der Waals surface area contributed by atoms with E-state index in [0.29, 0.717) is 29.6 Å². The van der Waals surface area contributed by atoms with Crippen LogP contribution >= 0.6 is 11.6 Å². The number of hydrogen-bond acceptors (Lipinski definition) is 3. The van der Waals surface area contributed by atoms with E-state index in [4.69, 9.17) is 16.3 Å². The van der Waals surface area contributed by atoms with Gasteiger partial charge in [0.2, 0.25) is 5.88 Å². The standard InChI is InChI=1S/C15H15ClN2O2.2C2H6/c1-11-2-7-14(18-10-11)20-9-8-17-15(19)12-3-5-13(16)6-4-12;2*1-2/h2-7,10H,8-9H2,1H3,(H,17,19);2*1-2H3. The highest BCUT2D eigenvalue weighted by atomic mass is 35.5. The third-order valence-electron chi connectivity index (χ3n) is 2.63. The quantitative estimate of drug-likeness (QED) is 0.780. The van der Waals surface area contributed by atoms with Gasteiger partial charge < -0.3 is 10.1 Å². The topological polar surface area (TPSA) is 51.2 Å². The normalized spacial score (nSPS) is 8.92. The average Bonchev–Trinajstić information content (AvgIpc) is 2.64. The van der Waals surface area contributed by atoms with Crippen LogP contribution in [0.5, 0.6) is 5.88 Å². The molecular formula is C19H27ClN2O2. The molecule has 4 nitrogen and oxygen atoms in total. The van der Waals surface area contributed by atoms with Crippen molar-refractivity contribution in [3.05, 3.63) is 58.7 Å². The summed E-state index contributed by atoms with van der Waals surface area (Å²) in [7, 11) is 0. The van der Waals surface area contributed by atoms with E-state index < -0.39 is 0 Å². The Morgan fingerprint density at radius 3 is 2.25 bits per heavy atom. The van der Waals surface area contributed by atoms with Crippen molar-refractivity contribution in [1.82, 2.24) is 10.3 Å². The third kappa shape index (κ3) is 8.53. The van der Waals surface area contributed by atoms with Gasteiger partial charge in [0.1, 0.15) is 6.61 Å². The summed E-state index contributed by atoms with van der Waals surface area (Å²) in [5.74, 6) is 0.401. The maximum atomic E-state index is 11.8. The molecule has 0 atom stereocenters. The molecule has 1 heterocycles. The molecule has 132 valence electrons. The summed E-state index contributed by atoms with van der Waals surface area (Å²) in [6.45, 7) is 10.7. The fraction of sp³-hybridized carbons (Fsp3) is 0.368. The van der Waals surface area contributed by atoms with Crippen molar-refractivity contribution in [1.29, 1.82) is 0 Å². The van der Waals surface area contributed by atoms with Crippen molar-refractivity contribution in [2.45, 2.75) is 34.6 Å². The van der Waals surface area contributed by atoms with Crippen molar-refractivity contribution in [3.63, 3.8) is 0 Å². The fourth-order valence-electron chi connectivity index (χ4n) is 1.56. The first kappa shape index (κ1) is 21.9. The van der Waals surface area contributed by atoms with Crippen LogP contribution < -0.4 is 10.1 Å². The van der Waals surface area contributed by atoms with Crippen molar-refractivity contribution in [3.8, 4) is 5.88 Å². The summed E-state index contributed by atoms with van der Waals surface area (Å²) in [5, 5.41) is 3.37. The van der Waals surface area contributed by atoms with Gasteiger partial charge in [-0.3, -0.25) is 4.79 Å². The Morgan fingerprint density at radius 1 is 1.08 bits per heavy atom. The van der Waals surface area contributed by atoms with Gasteiger partial charge in [0.15, 0.2) is 0 Å². The summed E-state index contributed by atoms with van der Waals surface area (Å²) in [5.41, 5.74) is 1.65. The van der Waals surface area contributed by atoms with E-state index in [1.165, 1.54) is 0 Å². The monoisotopic (exact) mass is 350 g/mol. The van der Waals surface area contributed by atoms with Crippen LogP contribution in [0.3, 0.4) is 0 Å². The summed E-state index contributed by atoms with van der Waals surface area (Å²) < 4.78 is 5.42. The van der Waals surface area contributed by atoms with Gasteiger partial charge in [0.25, 0.3) is 5.91 Å². The Hall–Kier alpha value is -2.07. The number of ether oxygens (including phenoxy) is 1. The van der Waals surface area contributed by atoms with Crippen molar-refractivity contribution < 1.29 is 9.53 Å². The van der Waals surface area contributed by atoms with Gasteiger partial charge in [-0.15, -0.1) is 0 Å². The maximum Gasteiger partial charge on any atom is 0.251 e. The second-order valence-corrected chi connectivity index (χ2v) is 4.72. The Bertz CT molecular complexity index is 569. The molecule has 0 aliphatic heterocycles. The predicted molar refractivity (Wildman–Crippen MR) is 101 cm³/mol. The molecule has 2 aromatic rings. The molecule has 1 aromatic carbocycles. The number of pyridine rings is 1. The van der Waals surface area contributed by atoms with Gasteiger partial charge >= 0.3 is 0 Å². The van der Waals surface area contributed by atoms with Gasteiger partial charge in [0.05, 0.1) is 6.54 Å². The van der Waals surface area contributed by atoms with Gasteiger partial charge in [-0.1, -0.05) is 45.4 Å². The first-order valence-corrected chi connectivity index (χ1v) is 8.62. The van der Waals surface area contributed by atoms with Gasteiger partial charge in [0, 0.05) is 22.8 Å². The van der Waals surface area contributed by atoms with Crippen LogP contribution in [0.1, 0.15) is 43.6 Å². The summed E-state index contributed by atoms with van der Waals surface area (Å²) in [6, 6.07) is 10.5. The van der Waals surface area contributed by atoms with E-state index in [2.05, 4.69) is 10.3 Å². The number of amides is 1. The Kier molecular flexibility index (Phi) is 12.2. The fourth-order valence-corrected chi connectivity index (χ4v) is 1.69. The van der Waals surface area contributed by atoms with Crippen molar-refractivity contribution in [2.24, 2.45) is 0 Å². The summed E-state index contributed by atoms with van der Waals surface area (Å²) in [6.07, 6.45) is 1.74. The number of aromatic nitrogens is 1. The van der Waals surface area contributed by atoms with E-state index >= 15 is 0 Å². The summed E-state index contributed by atoms with van der Waals surface area (Å²) >= 11 is 5.76. The Balaban J connectivity index is 0.00000123. The number of rotatable bonds is 5. The van der Waals surface area contributed by atoms with Crippen molar-refractivity contribution >= 4 is 17.5 Å². The number of halogens is 1. The maximum absolute atomic E-state index is 11.8. The van der Waals surface area contributed by atoms with Gasteiger partial charge in [-0.25, -0.2) is 4.98 Å². The molecule has 2 rings (SSSR count). The van der Waals surface area contributed by atoms with Crippen LogP contribution in [0.4, 0.5) is 0 Å². The molecule has 0 unspecified atom stereocenters. The number of benzene rings is 1. The SMILES string of the molecule is CC.CC.Cc1ccc(OCCNC(=O)c2ccc(Cl)cc2)nc1. The third-order valence-corrected chi connectivity index (χ3v) is 2.88. The molecule has 0 aliphatic rings. The van der Waals surface area contributed by atoms with E-state index in [-0.39, 0.29) is 5.91 Å². The molecule has 1 aromatic heterocycles. The number of nitrogens with one attached hydrogen (secondary N) is 1. The van der Waals surface area contributed by atoms with Crippen LogP contribution in [0, 0.1) is 6.92 Å². The minimum Gasteiger partial charge on any atom is -0.476 e. The van der Waals surface area contributed by atoms with Crippen LogP contribution in [0.25, 0.3) is 0 Å². The molecule has 0 spiro atoms. The highest BCUT2D eigenvalue weighted by Crippen LogP contribution is 2.09. The number of nitrogens with zero attached hydrogens (tertiary/aromatic N) is 1. The highest BCUT2D eigenvalue weighted by Gasteiger charge is 2.04. The molecule has 0 bridgehead atoms. The predicted octanol–water partition coefficient (Wildman–Crippen LogP) is 4.90. The molecule has 0 fully saturated rings. The molecule has 1 amide bonds. The van der Waals surface area contributed by atoms with Crippen molar-refractivity contribution in [2.75, 3.05) is 13.2 Å². The Labute approximate surface area is 150 Å². The average molecular weight is 351 g/mol. The minimum atomic E-state index is -0.151. The highest BCUT2D eigenvalue weighted by molar-refractivity contribution is 6.30. The van der Waals surface area contributed by atoms with E-state index in [1.807, 2.05) is 40.7 Å². The number of carbonyl (C=O) groups is 1. The molecular weight excluding hydrogens is 324 g/mol. The lowest BCUT2D eigenvalue weighted by molar-refractivity contribution is 0.0946. The number of carbonyl (C=O) groups excluding carboxylic acids is 1. The lowest BCUT2D eigenvalue weighted by Crippen LogP contribution is -2.28. The van der Waals surface area contributed by atoms with Crippen LogP contribution in [0.15, 0.2) is 42.6 Å². The first-order chi connectivity index (χ1) is 11.6. The van der Waals surface area contributed by atoms with Gasteiger partial charge in [-0.05, 0) is 36.8 Å². The molecule has 0 saturated heterocycles. The van der Waals surface area contributed by atoms with Gasteiger partial charge in [-0.2, -0.15) is 0 Å².